The Labute approximate surface area is 563 Å². The number of unbranched alkanes of at least 4 members (excludes halogenated alkanes) is 9. The first kappa shape index (κ1) is 74.1. The zero-order valence-corrected chi connectivity index (χ0v) is 58.4. The Kier molecular flexibility index (Phi) is 34.7. The van der Waals surface area contributed by atoms with Crippen molar-refractivity contribution in [3.8, 4) is 23.0 Å². The van der Waals surface area contributed by atoms with Crippen molar-refractivity contribution >= 4 is 12.0 Å². The molecule has 0 saturated heterocycles. The summed E-state index contributed by atoms with van der Waals surface area (Å²) in [7, 11) is 0. The zero-order chi connectivity index (χ0) is 65.5. The Bertz CT molecular complexity index is 2890. The van der Waals surface area contributed by atoms with Crippen LogP contribution in [0, 0.1) is 31.6 Å². The summed E-state index contributed by atoms with van der Waals surface area (Å²) in [4.78, 5) is 23.2. The summed E-state index contributed by atoms with van der Waals surface area (Å²) in [5.74, 6) is 7.05. The summed E-state index contributed by atoms with van der Waals surface area (Å²) in [5.41, 5.74) is 10.6. The maximum absolute atomic E-state index is 12.1. The normalized spacial score (nSPS) is 19.1. The highest BCUT2D eigenvalue weighted by atomic mass is 17.2. The molecule has 3 aliphatic rings. The lowest BCUT2D eigenvalue weighted by molar-refractivity contribution is -0.218. The number of carbonyl (C=O) groups excluding carboxylic acids is 1. The van der Waals surface area contributed by atoms with Crippen molar-refractivity contribution in [1.82, 2.24) is 0 Å². The Morgan fingerprint density at radius 2 is 0.892 bits per heavy atom. The van der Waals surface area contributed by atoms with Crippen LogP contribution in [0.1, 0.15) is 262 Å². The van der Waals surface area contributed by atoms with Crippen LogP contribution in [0.2, 0.25) is 0 Å². The van der Waals surface area contributed by atoms with E-state index in [1.165, 1.54) is 163 Å². The van der Waals surface area contributed by atoms with E-state index in [1.54, 1.807) is 23.3 Å². The molecule has 0 spiro atoms. The molecular formula is C85H118O8. The number of esters is 1. The number of hydrogen-bond acceptors (Lipinski definition) is 8. The summed E-state index contributed by atoms with van der Waals surface area (Å²) in [6.45, 7) is 19.1. The van der Waals surface area contributed by atoms with Gasteiger partial charge in [0.15, 0.2) is 5.75 Å². The lowest BCUT2D eigenvalue weighted by Crippen LogP contribution is -2.19. The van der Waals surface area contributed by atoms with Gasteiger partial charge in [0.05, 0.1) is 38.1 Å². The van der Waals surface area contributed by atoms with Gasteiger partial charge in [0.25, 0.3) is 0 Å². The van der Waals surface area contributed by atoms with Crippen molar-refractivity contribution in [2.24, 2.45) is 17.8 Å². The first-order valence-electron chi connectivity index (χ1n) is 36.7. The second-order valence-electron chi connectivity index (χ2n) is 27.1. The average Bonchev–Trinajstić information content (AvgIpc) is 1.49. The average molecular weight is 1270 g/mol. The number of benzene rings is 6. The van der Waals surface area contributed by atoms with E-state index in [0.29, 0.717) is 54.8 Å². The third-order valence-electron chi connectivity index (χ3n) is 19.4. The van der Waals surface area contributed by atoms with Gasteiger partial charge in [-0.1, -0.05) is 194 Å². The highest BCUT2D eigenvalue weighted by Gasteiger charge is 2.25. The molecule has 3 fully saturated rings. The smallest absolute Gasteiger partial charge is 0.338 e. The maximum atomic E-state index is 12.1. The fourth-order valence-corrected chi connectivity index (χ4v) is 13.0. The number of ether oxygens (including phenoxy) is 5. The predicted molar refractivity (Wildman–Crippen MR) is 386 cm³/mol. The van der Waals surface area contributed by atoms with Crippen molar-refractivity contribution in [3.05, 3.63) is 196 Å². The molecule has 6 aromatic carbocycles. The monoisotopic (exact) mass is 1270 g/mol. The van der Waals surface area contributed by atoms with E-state index in [9.17, 15) is 4.79 Å². The number of rotatable bonds is 35. The van der Waals surface area contributed by atoms with E-state index >= 15 is 0 Å². The van der Waals surface area contributed by atoms with Gasteiger partial charge in [-0.3, -0.25) is 0 Å². The Hall–Kier alpha value is -6.35. The molecule has 1 unspecified atom stereocenters. The fraction of sp³-hybridized carbons (Fsp3) is 0.541. The fourth-order valence-electron chi connectivity index (χ4n) is 13.0. The molecule has 3 saturated carbocycles. The SMILES string of the molecule is CCC(C)OC(=O)c1ccc(OCC2CCC(C=Cc3ccc(C)cc3)CC2)cc1.CCCCCCCOCCOc1ccc(OOCC2CCC(c3ccc(OCCCCCCC)cc3)CC2)cc1.CCCCc1ccc(C2CCC(c3ccc(C)cc3)CC2)cc1. The molecule has 0 amide bonds. The van der Waals surface area contributed by atoms with Crippen molar-refractivity contribution in [2.75, 3.05) is 39.6 Å². The van der Waals surface area contributed by atoms with Crippen LogP contribution in [0.15, 0.2) is 152 Å². The molecule has 0 heterocycles. The van der Waals surface area contributed by atoms with Crippen LogP contribution < -0.4 is 19.1 Å². The van der Waals surface area contributed by atoms with Crippen LogP contribution in [0.25, 0.3) is 6.08 Å². The topological polar surface area (TPSA) is 81.7 Å². The van der Waals surface area contributed by atoms with Crippen molar-refractivity contribution in [1.29, 1.82) is 0 Å². The highest BCUT2D eigenvalue weighted by molar-refractivity contribution is 5.89. The van der Waals surface area contributed by atoms with E-state index in [1.807, 2.05) is 50.2 Å². The molecule has 8 nitrogen and oxygen atoms in total. The van der Waals surface area contributed by atoms with Gasteiger partial charge in [-0.15, -0.1) is 0 Å². The van der Waals surface area contributed by atoms with Crippen molar-refractivity contribution in [2.45, 2.75) is 239 Å². The van der Waals surface area contributed by atoms with E-state index in [4.69, 9.17) is 33.5 Å². The molecule has 6 aromatic rings. The molecule has 0 radical (unpaired) electrons. The minimum absolute atomic E-state index is 0.0599. The molecular weight excluding hydrogens is 1150 g/mol. The minimum atomic E-state index is -0.270. The lowest BCUT2D eigenvalue weighted by Gasteiger charge is -2.29. The van der Waals surface area contributed by atoms with Gasteiger partial charge in [-0.2, -0.15) is 4.89 Å². The quantitative estimate of drug-likeness (QED) is 0.0168. The van der Waals surface area contributed by atoms with Gasteiger partial charge >= 0.3 is 5.97 Å². The zero-order valence-electron chi connectivity index (χ0n) is 58.4. The first-order valence-corrected chi connectivity index (χ1v) is 36.7. The van der Waals surface area contributed by atoms with Gasteiger partial charge in [0.1, 0.15) is 23.9 Å². The van der Waals surface area contributed by atoms with Gasteiger partial charge < -0.3 is 28.6 Å². The first-order chi connectivity index (χ1) is 45.6. The molecule has 0 aromatic heterocycles. The molecule has 8 heteroatoms. The second kappa shape index (κ2) is 43.6. The van der Waals surface area contributed by atoms with Crippen LogP contribution in [0.3, 0.4) is 0 Å². The van der Waals surface area contributed by atoms with Gasteiger partial charge in [-0.25, -0.2) is 4.79 Å². The molecule has 3 aliphatic carbocycles. The van der Waals surface area contributed by atoms with Crippen LogP contribution in [-0.4, -0.2) is 51.7 Å². The molecule has 506 valence electrons. The van der Waals surface area contributed by atoms with Crippen LogP contribution >= 0.6 is 0 Å². The summed E-state index contributed by atoms with van der Waals surface area (Å²) >= 11 is 0. The summed E-state index contributed by atoms with van der Waals surface area (Å²) in [6, 6.07) is 51.1. The summed E-state index contributed by atoms with van der Waals surface area (Å²) < 4.78 is 28.7. The Morgan fingerprint density at radius 1 is 0.441 bits per heavy atom. The Morgan fingerprint density at radius 3 is 1.46 bits per heavy atom. The van der Waals surface area contributed by atoms with Gasteiger partial charge in [-0.05, 0) is 254 Å². The second-order valence-corrected chi connectivity index (χ2v) is 27.1. The number of hydrogen-bond donors (Lipinski definition) is 0. The minimum Gasteiger partial charge on any atom is -0.494 e. The standard InChI is InChI=1S/C35H54O5.C27H34O3.C23H30/c1-3-5-7-9-11-25-36-27-28-38-34-21-23-35(24-22-34)40-39-29-30-13-15-31(16-14-30)32-17-19-33(20-18-32)37-26-12-10-8-6-4-2;1-4-21(3)30-27(28)25-15-17-26(18-16-25)29-19-24-13-11-23(12-14-24)10-9-22-7-5-20(2)6-8-22;1-3-4-5-19-8-12-21(13-9-19)23-16-14-22(15-17-23)20-10-6-18(2)7-11-20/h17-24,30-31H,3-16,25-29H2,1-2H3;5-10,15-18,21,23-24H,4,11-14,19H2,1-3H3;6-13,22-23H,3-5,14-17H2,1-2H3. The number of aryl methyl sites for hydroxylation is 3. The van der Waals surface area contributed by atoms with Crippen molar-refractivity contribution < 1.29 is 38.3 Å². The van der Waals surface area contributed by atoms with Crippen molar-refractivity contribution in [3.63, 3.8) is 0 Å². The van der Waals surface area contributed by atoms with Crippen LogP contribution in [0.5, 0.6) is 23.0 Å². The van der Waals surface area contributed by atoms with E-state index in [-0.39, 0.29) is 12.1 Å². The number of allylic oxidation sites excluding steroid dienone is 1. The highest BCUT2D eigenvalue weighted by Crippen LogP contribution is 2.41. The maximum Gasteiger partial charge on any atom is 0.338 e. The molecule has 0 bridgehead atoms. The lowest BCUT2D eigenvalue weighted by atomic mass is 9.76. The largest absolute Gasteiger partial charge is 0.494 e. The molecule has 93 heavy (non-hydrogen) atoms. The third kappa shape index (κ3) is 28.6. The van der Waals surface area contributed by atoms with Crippen LogP contribution in [-0.2, 0) is 20.8 Å². The van der Waals surface area contributed by atoms with Gasteiger partial charge in [0.2, 0.25) is 0 Å². The van der Waals surface area contributed by atoms with E-state index in [0.717, 1.165) is 81.0 Å². The number of carbonyl (C=O) groups is 1. The third-order valence-corrected chi connectivity index (χ3v) is 19.4. The molecule has 0 aliphatic heterocycles. The molecule has 0 N–H and O–H groups in total. The summed E-state index contributed by atoms with van der Waals surface area (Å²) in [5, 5.41) is 0. The van der Waals surface area contributed by atoms with E-state index in [2.05, 4.69) is 144 Å². The Balaban J connectivity index is 0.000000205. The van der Waals surface area contributed by atoms with E-state index < -0.39 is 0 Å². The summed E-state index contributed by atoms with van der Waals surface area (Å²) in [6.07, 6.45) is 36.7. The van der Waals surface area contributed by atoms with Crippen LogP contribution in [0.4, 0.5) is 0 Å². The molecule has 1 atom stereocenters. The predicted octanol–water partition coefficient (Wildman–Crippen LogP) is 23.3. The molecule has 9 rings (SSSR count). The van der Waals surface area contributed by atoms with Gasteiger partial charge in [0, 0.05) is 6.61 Å².